The number of nitrogens with one attached hydrogen (secondary N) is 2. The van der Waals surface area contributed by atoms with Crippen molar-refractivity contribution in [2.75, 3.05) is 5.32 Å². The standard InChI is InChI=1S/C17H13N3O2S/c21-13-9-11(16(22)12-7-4-8-23-12)14-15(19-20-17(14)18-13)10-5-2-1-3-6-10/h1-8,11H,9H2,(H2,18,19,20,21). The number of hydrogen-bond acceptors (Lipinski definition) is 4. The Bertz CT molecular complexity index is 869. The van der Waals surface area contributed by atoms with Crippen LogP contribution < -0.4 is 5.32 Å². The monoisotopic (exact) mass is 323 g/mol. The van der Waals surface area contributed by atoms with Crippen molar-refractivity contribution in [3.8, 4) is 11.3 Å². The number of aromatic amines is 1. The van der Waals surface area contributed by atoms with Crippen LogP contribution in [0.1, 0.15) is 27.6 Å². The van der Waals surface area contributed by atoms with Crippen molar-refractivity contribution in [3.05, 3.63) is 58.3 Å². The van der Waals surface area contributed by atoms with E-state index in [2.05, 4.69) is 15.5 Å². The lowest BCUT2D eigenvalue weighted by Crippen LogP contribution is -2.27. The minimum Gasteiger partial charge on any atom is -0.309 e. The number of rotatable bonds is 3. The zero-order valence-electron chi connectivity index (χ0n) is 12.1. The molecule has 1 aromatic carbocycles. The molecular weight excluding hydrogens is 310 g/mol. The summed E-state index contributed by atoms with van der Waals surface area (Å²) in [6, 6.07) is 13.3. The maximum Gasteiger partial charge on any atom is 0.226 e. The number of benzene rings is 1. The van der Waals surface area contributed by atoms with Gasteiger partial charge in [0.05, 0.1) is 16.5 Å². The summed E-state index contributed by atoms with van der Waals surface area (Å²) in [7, 11) is 0. The van der Waals surface area contributed by atoms with Gasteiger partial charge >= 0.3 is 0 Å². The molecule has 0 spiro atoms. The minimum atomic E-state index is -0.508. The number of nitrogens with zero attached hydrogens (tertiary/aromatic N) is 1. The summed E-state index contributed by atoms with van der Waals surface area (Å²) in [6.07, 6.45) is 0.142. The Morgan fingerprint density at radius 3 is 2.74 bits per heavy atom. The first-order valence-electron chi connectivity index (χ1n) is 7.25. The molecule has 0 radical (unpaired) electrons. The summed E-state index contributed by atoms with van der Waals surface area (Å²) in [5.41, 5.74) is 2.51. The molecule has 0 bridgehead atoms. The third kappa shape index (κ3) is 2.37. The lowest BCUT2D eigenvalue weighted by Gasteiger charge is -2.21. The quantitative estimate of drug-likeness (QED) is 0.725. The van der Waals surface area contributed by atoms with Gasteiger partial charge in [0.25, 0.3) is 0 Å². The molecule has 1 amide bonds. The molecule has 1 aliphatic heterocycles. The summed E-state index contributed by atoms with van der Waals surface area (Å²) in [5.74, 6) is -0.269. The van der Waals surface area contributed by atoms with E-state index in [-0.39, 0.29) is 18.1 Å². The van der Waals surface area contributed by atoms with Crippen LogP contribution >= 0.6 is 11.3 Å². The fourth-order valence-electron chi connectivity index (χ4n) is 2.89. The second-order valence-electron chi connectivity index (χ2n) is 5.37. The fraction of sp³-hybridized carbons (Fsp3) is 0.118. The maximum atomic E-state index is 12.8. The molecule has 2 N–H and O–H groups in total. The number of ketones is 1. The van der Waals surface area contributed by atoms with Crippen LogP contribution in [0.5, 0.6) is 0 Å². The van der Waals surface area contributed by atoms with Crippen LogP contribution in [0.15, 0.2) is 47.8 Å². The zero-order valence-corrected chi connectivity index (χ0v) is 12.9. The lowest BCUT2D eigenvalue weighted by molar-refractivity contribution is -0.116. The summed E-state index contributed by atoms with van der Waals surface area (Å²) < 4.78 is 0. The van der Waals surface area contributed by atoms with Crippen molar-refractivity contribution < 1.29 is 9.59 Å². The predicted octanol–water partition coefficient (Wildman–Crippen LogP) is 3.45. The first kappa shape index (κ1) is 13.9. The van der Waals surface area contributed by atoms with E-state index < -0.39 is 5.92 Å². The Balaban J connectivity index is 1.84. The van der Waals surface area contributed by atoms with Crippen molar-refractivity contribution >= 4 is 28.8 Å². The highest BCUT2D eigenvalue weighted by Gasteiger charge is 2.36. The topological polar surface area (TPSA) is 74.8 Å². The molecular formula is C17H13N3O2S. The first-order chi connectivity index (χ1) is 11.2. The van der Waals surface area contributed by atoms with Gasteiger partial charge in [0.2, 0.25) is 5.91 Å². The number of Topliss-reactive ketones (excluding diaryl/α,β-unsaturated/α-hetero) is 1. The number of H-pyrrole nitrogens is 1. The molecule has 0 saturated carbocycles. The molecule has 2 aromatic heterocycles. The summed E-state index contributed by atoms with van der Waals surface area (Å²) in [4.78, 5) is 25.4. The van der Waals surface area contributed by atoms with Gasteiger partial charge in [-0.15, -0.1) is 11.3 Å². The first-order valence-corrected chi connectivity index (χ1v) is 8.13. The highest BCUT2D eigenvalue weighted by molar-refractivity contribution is 7.12. The second-order valence-corrected chi connectivity index (χ2v) is 6.32. The molecule has 3 aromatic rings. The molecule has 0 fully saturated rings. The summed E-state index contributed by atoms with van der Waals surface area (Å²) in [6.45, 7) is 0. The van der Waals surface area contributed by atoms with E-state index >= 15 is 0 Å². The minimum absolute atomic E-state index is 0.0327. The highest BCUT2D eigenvalue weighted by atomic mass is 32.1. The van der Waals surface area contributed by atoms with Crippen molar-refractivity contribution in [2.24, 2.45) is 0 Å². The number of carbonyl (C=O) groups is 2. The van der Waals surface area contributed by atoms with Gasteiger partial charge in [-0.3, -0.25) is 14.7 Å². The Kier molecular flexibility index (Phi) is 3.31. The smallest absolute Gasteiger partial charge is 0.226 e. The van der Waals surface area contributed by atoms with Crippen molar-refractivity contribution in [2.45, 2.75) is 12.3 Å². The third-order valence-corrected chi connectivity index (χ3v) is 4.83. The maximum absolute atomic E-state index is 12.8. The second kappa shape index (κ2) is 5.48. The Labute approximate surface area is 136 Å². The number of anilines is 1. The number of aromatic nitrogens is 2. The third-order valence-electron chi connectivity index (χ3n) is 3.94. The highest BCUT2D eigenvalue weighted by Crippen LogP contribution is 2.40. The average molecular weight is 323 g/mol. The van der Waals surface area contributed by atoms with Crippen LogP contribution in [0.4, 0.5) is 5.82 Å². The van der Waals surface area contributed by atoms with Gasteiger partial charge in [0.15, 0.2) is 11.6 Å². The molecule has 0 aliphatic carbocycles. The van der Waals surface area contributed by atoms with Crippen molar-refractivity contribution in [1.82, 2.24) is 10.2 Å². The van der Waals surface area contributed by atoms with E-state index in [1.54, 1.807) is 6.07 Å². The molecule has 114 valence electrons. The molecule has 1 aliphatic rings. The molecule has 23 heavy (non-hydrogen) atoms. The Morgan fingerprint density at radius 1 is 1.17 bits per heavy atom. The SMILES string of the molecule is O=C1CC(C(=O)c2cccs2)c2c(n[nH]c2-c2ccccc2)N1. The number of amides is 1. The molecule has 6 heteroatoms. The molecule has 0 saturated heterocycles. The van der Waals surface area contributed by atoms with Gasteiger partial charge in [-0.25, -0.2) is 0 Å². The largest absolute Gasteiger partial charge is 0.309 e. The van der Waals surface area contributed by atoms with Crippen LogP contribution in [0.25, 0.3) is 11.3 Å². The van der Waals surface area contributed by atoms with Crippen LogP contribution in [0, 0.1) is 0 Å². The van der Waals surface area contributed by atoms with Crippen molar-refractivity contribution in [3.63, 3.8) is 0 Å². The van der Waals surface area contributed by atoms with Gasteiger partial charge < -0.3 is 5.32 Å². The predicted molar refractivity (Wildman–Crippen MR) is 88.7 cm³/mol. The molecule has 4 rings (SSSR count). The lowest BCUT2D eigenvalue weighted by atomic mass is 9.86. The molecule has 1 unspecified atom stereocenters. The zero-order chi connectivity index (χ0) is 15.8. The molecule has 3 heterocycles. The average Bonchev–Trinajstić information content (AvgIpc) is 3.24. The van der Waals surface area contributed by atoms with E-state index in [4.69, 9.17) is 0 Å². The van der Waals surface area contributed by atoms with Gasteiger partial charge in [-0.1, -0.05) is 36.4 Å². The van der Waals surface area contributed by atoms with E-state index in [1.165, 1.54) is 11.3 Å². The van der Waals surface area contributed by atoms with Crippen LogP contribution in [0.2, 0.25) is 0 Å². The van der Waals surface area contributed by atoms with E-state index in [0.717, 1.165) is 16.8 Å². The van der Waals surface area contributed by atoms with E-state index in [1.807, 2.05) is 41.8 Å². The van der Waals surface area contributed by atoms with Gasteiger partial charge in [0, 0.05) is 12.0 Å². The van der Waals surface area contributed by atoms with Crippen LogP contribution in [-0.4, -0.2) is 21.9 Å². The van der Waals surface area contributed by atoms with Crippen LogP contribution in [0.3, 0.4) is 0 Å². The van der Waals surface area contributed by atoms with Gasteiger partial charge in [0.1, 0.15) is 0 Å². The number of carbonyl (C=O) groups excluding carboxylic acids is 2. The Hall–Kier alpha value is -2.73. The fourth-order valence-corrected chi connectivity index (χ4v) is 3.61. The van der Waals surface area contributed by atoms with E-state index in [0.29, 0.717) is 10.7 Å². The number of thiophene rings is 1. The molecule has 5 nitrogen and oxygen atoms in total. The summed E-state index contributed by atoms with van der Waals surface area (Å²) >= 11 is 1.39. The number of hydrogen-bond donors (Lipinski definition) is 2. The Morgan fingerprint density at radius 2 is 2.00 bits per heavy atom. The summed E-state index contributed by atoms with van der Waals surface area (Å²) in [5, 5.41) is 11.8. The normalized spacial score (nSPS) is 16.7. The van der Waals surface area contributed by atoms with Crippen molar-refractivity contribution in [1.29, 1.82) is 0 Å². The van der Waals surface area contributed by atoms with Gasteiger partial charge in [-0.05, 0) is 17.0 Å². The van der Waals surface area contributed by atoms with E-state index in [9.17, 15) is 9.59 Å². The van der Waals surface area contributed by atoms with Gasteiger partial charge in [-0.2, -0.15) is 5.10 Å². The molecule has 1 atom stereocenters. The number of fused-ring (bicyclic) bond motifs is 1. The van der Waals surface area contributed by atoms with Crippen LogP contribution in [-0.2, 0) is 4.79 Å².